The molecule has 0 saturated carbocycles. The number of nitrogens with one attached hydrogen (secondary N) is 3. The number of aryl methyl sites for hydroxylation is 2. The molecule has 16 nitrogen and oxygen atoms in total. The van der Waals surface area contributed by atoms with E-state index in [0.29, 0.717) is 44.1 Å². The zero-order valence-corrected chi connectivity index (χ0v) is 45.7. The summed E-state index contributed by atoms with van der Waals surface area (Å²) in [5.74, 6) is 3.72. The Hall–Kier alpha value is -5.97. The van der Waals surface area contributed by atoms with Crippen molar-refractivity contribution in [2.75, 3.05) is 125 Å². The summed E-state index contributed by atoms with van der Waals surface area (Å²) in [4.78, 5) is 59.1. The molecule has 2 aromatic carbocycles. The molecule has 2 unspecified atom stereocenters. The van der Waals surface area contributed by atoms with Crippen molar-refractivity contribution in [2.45, 2.75) is 104 Å². The van der Waals surface area contributed by atoms with Crippen molar-refractivity contribution in [3.63, 3.8) is 0 Å². The average Bonchev–Trinajstić information content (AvgIpc) is 4.29. The molecule has 2 aromatic heterocycles. The molecule has 8 heterocycles. The van der Waals surface area contributed by atoms with Crippen molar-refractivity contribution in [3.05, 3.63) is 83.2 Å². The predicted molar refractivity (Wildman–Crippen MR) is 298 cm³/mol. The molecule has 6 saturated heterocycles. The van der Waals surface area contributed by atoms with E-state index in [1.807, 2.05) is 42.7 Å². The number of benzene rings is 2. The van der Waals surface area contributed by atoms with E-state index < -0.39 is 5.60 Å². The molecule has 75 heavy (non-hydrogen) atoms. The summed E-state index contributed by atoms with van der Waals surface area (Å²) in [5.41, 5.74) is 10.0. The molecule has 16 heteroatoms. The van der Waals surface area contributed by atoms with Crippen LogP contribution in [-0.4, -0.2) is 153 Å². The normalized spacial score (nSPS) is 22.0. The lowest BCUT2D eigenvalue weighted by Gasteiger charge is -2.29. The quantitative estimate of drug-likeness (QED) is 0.139. The monoisotopic (exact) mass is 1030 g/mol. The van der Waals surface area contributed by atoms with Crippen molar-refractivity contribution in [2.24, 2.45) is 11.8 Å². The standard InChI is InChI=1S/C32H45N5O4.C27H37N5O2/c1-6-23-9-11-36(20-23)30(38)33-26-8-7-22(2)27(19-26)25-17-28(34-29(18-25)35-13-15-40-16-14-35)24-10-12-37(21-24)31(39)41-32(3,4)5;1-3-20-7-9-32(18-20)27(33)29-23-5-4-19(2)24(16-23)22-14-25(21-6-8-28-17-21)30-26(15-22)31-10-12-34-13-11-31/h7-8,17-19,23-24H,6,9-16,20-21H2,1-5H3,(H,33,38);4-5,14-16,20-21,28H,3,6-13,17-18H2,1-2H3,(H,29,33)/t23-,24?;20-,21?/m11/s1. The zero-order valence-electron chi connectivity index (χ0n) is 45.7. The van der Waals surface area contributed by atoms with Crippen LogP contribution >= 0.6 is 0 Å². The number of amides is 5. The third kappa shape index (κ3) is 13.7. The number of urea groups is 2. The summed E-state index contributed by atoms with van der Waals surface area (Å²) >= 11 is 0. The van der Waals surface area contributed by atoms with Crippen LogP contribution in [0.3, 0.4) is 0 Å². The third-order valence-electron chi connectivity index (χ3n) is 16.0. The minimum absolute atomic E-state index is 0.00667. The lowest BCUT2D eigenvalue weighted by atomic mass is 9.96. The number of hydrogen-bond acceptors (Lipinski definition) is 11. The van der Waals surface area contributed by atoms with Crippen LogP contribution in [0.2, 0.25) is 0 Å². The highest BCUT2D eigenvalue weighted by molar-refractivity contribution is 5.92. The summed E-state index contributed by atoms with van der Waals surface area (Å²) in [7, 11) is 0. The number of aromatic nitrogens is 2. The summed E-state index contributed by atoms with van der Waals surface area (Å²) < 4.78 is 16.8. The first-order chi connectivity index (χ1) is 36.2. The van der Waals surface area contributed by atoms with E-state index in [1.165, 1.54) is 11.1 Å². The second kappa shape index (κ2) is 24.4. The number of hydrogen-bond donors (Lipinski definition) is 3. The summed E-state index contributed by atoms with van der Waals surface area (Å²) in [5, 5.41) is 9.76. The molecular formula is C59H82N10O6. The number of pyridine rings is 2. The Labute approximate surface area is 445 Å². The highest BCUT2D eigenvalue weighted by atomic mass is 16.6. The molecule has 4 atom stereocenters. The molecular weight excluding hydrogens is 945 g/mol. The van der Waals surface area contributed by atoms with E-state index in [-0.39, 0.29) is 24.1 Å². The Balaban J connectivity index is 0.000000187. The molecule has 0 bridgehead atoms. The van der Waals surface area contributed by atoms with Crippen molar-refractivity contribution in [1.82, 2.24) is 30.0 Å². The van der Waals surface area contributed by atoms with E-state index in [4.69, 9.17) is 24.2 Å². The minimum Gasteiger partial charge on any atom is -0.444 e. The fourth-order valence-electron chi connectivity index (χ4n) is 11.2. The van der Waals surface area contributed by atoms with Gasteiger partial charge in [-0.15, -0.1) is 0 Å². The molecule has 10 rings (SSSR count). The Bertz CT molecular complexity index is 2620. The van der Waals surface area contributed by atoms with Crippen LogP contribution < -0.4 is 25.8 Å². The second-order valence-corrected chi connectivity index (χ2v) is 22.5. The topological polar surface area (TPSA) is 157 Å². The van der Waals surface area contributed by atoms with Gasteiger partial charge in [0.05, 0.1) is 26.4 Å². The van der Waals surface area contributed by atoms with Crippen molar-refractivity contribution in [3.8, 4) is 22.3 Å². The highest BCUT2D eigenvalue weighted by Crippen LogP contribution is 2.37. The van der Waals surface area contributed by atoms with Crippen LogP contribution in [0.15, 0.2) is 60.7 Å². The largest absolute Gasteiger partial charge is 0.444 e. The van der Waals surface area contributed by atoms with E-state index in [9.17, 15) is 14.4 Å². The van der Waals surface area contributed by atoms with Gasteiger partial charge in [-0.25, -0.2) is 24.4 Å². The van der Waals surface area contributed by atoms with Crippen molar-refractivity contribution in [1.29, 1.82) is 0 Å². The number of rotatable bonds is 10. The van der Waals surface area contributed by atoms with Crippen LogP contribution in [0.4, 0.5) is 37.4 Å². The fourth-order valence-corrected chi connectivity index (χ4v) is 11.2. The van der Waals surface area contributed by atoms with Gasteiger partial charge in [0.25, 0.3) is 0 Å². The molecule has 6 aliphatic rings. The van der Waals surface area contributed by atoms with Gasteiger partial charge in [0.15, 0.2) is 0 Å². The minimum atomic E-state index is -0.527. The Morgan fingerprint density at radius 1 is 0.613 bits per heavy atom. The van der Waals surface area contributed by atoms with Gasteiger partial charge in [-0.2, -0.15) is 0 Å². The maximum Gasteiger partial charge on any atom is 0.410 e. The van der Waals surface area contributed by atoms with Crippen LogP contribution in [0.1, 0.15) is 107 Å². The first kappa shape index (κ1) is 53.8. The van der Waals surface area contributed by atoms with Gasteiger partial charge in [0.2, 0.25) is 0 Å². The Morgan fingerprint density at radius 3 is 1.53 bits per heavy atom. The predicted octanol–water partition coefficient (Wildman–Crippen LogP) is 10.1. The highest BCUT2D eigenvalue weighted by Gasteiger charge is 2.33. The van der Waals surface area contributed by atoms with Gasteiger partial charge in [-0.3, -0.25) is 0 Å². The molecule has 5 amide bonds. The molecule has 0 aliphatic carbocycles. The maximum atomic E-state index is 13.0. The maximum absolute atomic E-state index is 13.0. The van der Waals surface area contributed by atoms with Crippen LogP contribution in [0.25, 0.3) is 22.3 Å². The summed E-state index contributed by atoms with van der Waals surface area (Å²) in [6.07, 6.45) is 6.08. The average molecular weight is 1030 g/mol. The van der Waals surface area contributed by atoms with Gasteiger partial charge >= 0.3 is 18.2 Å². The fraction of sp³-hybridized carbons (Fsp3) is 0.576. The van der Waals surface area contributed by atoms with Gasteiger partial charge in [-0.1, -0.05) is 38.8 Å². The molecule has 3 N–H and O–H groups in total. The second-order valence-electron chi connectivity index (χ2n) is 22.5. The van der Waals surface area contributed by atoms with Gasteiger partial charge in [-0.05, 0) is 161 Å². The van der Waals surface area contributed by atoms with E-state index in [0.717, 1.165) is 174 Å². The molecule has 6 fully saturated rings. The van der Waals surface area contributed by atoms with Crippen molar-refractivity contribution < 1.29 is 28.6 Å². The van der Waals surface area contributed by atoms with Crippen LogP contribution in [0, 0.1) is 25.7 Å². The number of morpholine rings is 2. The number of carbonyl (C=O) groups excluding carboxylic acids is 3. The van der Waals surface area contributed by atoms with Gasteiger partial charge in [0, 0.05) is 107 Å². The van der Waals surface area contributed by atoms with Crippen LogP contribution in [0.5, 0.6) is 0 Å². The number of ether oxygens (including phenoxy) is 3. The first-order valence-corrected chi connectivity index (χ1v) is 27.9. The van der Waals surface area contributed by atoms with E-state index >= 15 is 0 Å². The summed E-state index contributed by atoms with van der Waals surface area (Å²) in [6, 6.07) is 21.1. The first-order valence-electron chi connectivity index (χ1n) is 27.9. The number of anilines is 4. The lowest BCUT2D eigenvalue weighted by molar-refractivity contribution is 0.0292. The lowest BCUT2D eigenvalue weighted by Crippen LogP contribution is -2.37. The van der Waals surface area contributed by atoms with Crippen LogP contribution in [-0.2, 0) is 14.2 Å². The van der Waals surface area contributed by atoms with Gasteiger partial charge < -0.3 is 54.7 Å². The number of nitrogens with zero attached hydrogens (tertiary/aromatic N) is 7. The molecule has 0 radical (unpaired) electrons. The number of likely N-dealkylation sites (tertiary alicyclic amines) is 3. The molecule has 6 aliphatic heterocycles. The molecule has 0 spiro atoms. The Morgan fingerprint density at radius 2 is 1.09 bits per heavy atom. The summed E-state index contributed by atoms with van der Waals surface area (Å²) in [6.45, 7) is 27.0. The smallest absolute Gasteiger partial charge is 0.410 e. The Kier molecular flexibility index (Phi) is 17.5. The zero-order chi connectivity index (χ0) is 52.6. The molecule has 4 aromatic rings. The van der Waals surface area contributed by atoms with Crippen molar-refractivity contribution >= 4 is 41.2 Å². The van der Waals surface area contributed by atoms with E-state index in [2.05, 4.69) is 102 Å². The number of carbonyl (C=O) groups is 3. The molecule has 404 valence electrons. The SMILES string of the molecule is CC[C@@H]1CCN(C(=O)Nc2ccc(C)c(-c3cc(C4CCN(C(=O)OC(C)(C)C)C4)nc(N4CCOCC4)c3)c2)C1.CC[C@@H]1CCN(C(=O)Nc2ccc(C)c(-c3cc(C4CCNC4)nc(N4CCOCC4)c3)c2)C1. The van der Waals surface area contributed by atoms with E-state index in [1.54, 1.807) is 4.90 Å². The van der Waals surface area contributed by atoms with Gasteiger partial charge in [0.1, 0.15) is 17.2 Å². The third-order valence-corrected chi connectivity index (χ3v) is 16.0.